The van der Waals surface area contributed by atoms with Gasteiger partial charge < -0.3 is 16.0 Å². The zero-order chi connectivity index (χ0) is 17.6. The molecule has 5 nitrogen and oxygen atoms in total. The van der Waals surface area contributed by atoms with E-state index in [0.717, 1.165) is 45.2 Å². The fourth-order valence-corrected chi connectivity index (χ4v) is 3.83. The number of piperidine rings is 1. The second-order valence-electron chi connectivity index (χ2n) is 7.46. The van der Waals surface area contributed by atoms with E-state index in [4.69, 9.17) is 0 Å². The van der Waals surface area contributed by atoms with Crippen molar-refractivity contribution < 1.29 is 9.59 Å². The third-order valence-corrected chi connectivity index (χ3v) is 5.47. The average Bonchev–Trinajstić information content (AvgIpc) is 2.64. The fraction of sp³-hybridized carbons (Fsp3) is 0.600. The minimum absolute atomic E-state index is 0.0625. The number of nitrogens with one attached hydrogen (secondary N) is 3. The minimum Gasteiger partial charge on any atom is -0.349 e. The second kappa shape index (κ2) is 8.48. The maximum absolute atomic E-state index is 12.6. The molecule has 1 saturated carbocycles. The average molecular weight is 343 g/mol. The molecule has 25 heavy (non-hydrogen) atoms. The van der Waals surface area contributed by atoms with Crippen LogP contribution in [0.4, 0.5) is 5.69 Å². The quantitative estimate of drug-likeness (QED) is 0.787. The van der Waals surface area contributed by atoms with Crippen LogP contribution in [0.25, 0.3) is 0 Å². The summed E-state index contributed by atoms with van der Waals surface area (Å²) in [7, 11) is 0. The molecule has 2 aliphatic rings. The highest BCUT2D eigenvalue weighted by Gasteiger charge is 2.24. The topological polar surface area (TPSA) is 70.2 Å². The molecule has 0 aromatic heterocycles. The SMILES string of the molecule is CC1CNCCC1NC(=O)c1cccc(NC(=O)C2CCCCC2)c1. The lowest BCUT2D eigenvalue weighted by molar-refractivity contribution is -0.120. The van der Waals surface area contributed by atoms with Crippen LogP contribution in [0.15, 0.2) is 24.3 Å². The van der Waals surface area contributed by atoms with Gasteiger partial charge in [0, 0.05) is 23.2 Å². The maximum Gasteiger partial charge on any atom is 0.251 e. The van der Waals surface area contributed by atoms with E-state index >= 15 is 0 Å². The molecule has 136 valence electrons. The van der Waals surface area contributed by atoms with E-state index < -0.39 is 0 Å². The summed E-state index contributed by atoms with van der Waals surface area (Å²) >= 11 is 0. The van der Waals surface area contributed by atoms with E-state index in [1.165, 1.54) is 6.42 Å². The molecule has 2 atom stereocenters. The summed E-state index contributed by atoms with van der Waals surface area (Å²) in [6.07, 6.45) is 6.39. The van der Waals surface area contributed by atoms with Crippen LogP contribution in [-0.4, -0.2) is 30.9 Å². The van der Waals surface area contributed by atoms with Crippen LogP contribution in [0.1, 0.15) is 55.8 Å². The highest BCUT2D eigenvalue weighted by atomic mass is 16.2. The predicted octanol–water partition coefficient (Wildman–Crippen LogP) is 2.93. The van der Waals surface area contributed by atoms with Crippen LogP contribution in [0.2, 0.25) is 0 Å². The molecule has 2 unspecified atom stereocenters. The minimum atomic E-state index is -0.0625. The molecule has 0 radical (unpaired) electrons. The van der Waals surface area contributed by atoms with Crippen molar-refractivity contribution >= 4 is 17.5 Å². The first-order valence-electron chi connectivity index (χ1n) is 9.56. The van der Waals surface area contributed by atoms with Crippen LogP contribution in [0, 0.1) is 11.8 Å². The molecule has 0 bridgehead atoms. The van der Waals surface area contributed by atoms with Crippen molar-refractivity contribution in [3.8, 4) is 0 Å². The predicted molar refractivity (Wildman–Crippen MR) is 99.6 cm³/mol. The molecule has 3 rings (SSSR count). The Balaban J connectivity index is 1.60. The van der Waals surface area contributed by atoms with Gasteiger partial charge in [-0.15, -0.1) is 0 Å². The molecule has 1 saturated heterocycles. The van der Waals surface area contributed by atoms with E-state index in [9.17, 15) is 9.59 Å². The van der Waals surface area contributed by atoms with Gasteiger partial charge >= 0.3 is 0 Å². The zero-order valence-corrected chi connectivity index (χ0v) is 15.0. The van der Waals surface area contributed by atoms with E-state index in [1.807, 2.05) is 12.1 Å². The van der Waals surface area contributed by atoms with Crippen LogP contribution < -0.4 is 16.0 Å². The number of carbonyl (C=O) groups excluding carboxylic acids is 2. The molecule has 2 amide bonds. The highest BCUT2D eigenvalue weighted by Crippen LogP contribution is 2.25. The molecule has 1 aromatic carbocycles. The van der Waals surface area contributed by atoms with Crippen molar-refractivity contribution in [2.45, 2.75) is 51.5 Å². The molecular weight excluding hydrogens is 314 g/mol. The molecule has 0 spiro atoms. The standard InChI is InChI=1S/C20H29N3O2/c1-14-13-21-11-10-18(14)23-20(25)16-8-5-9-17(12-16)22-19(24)15-6-3-2-4-7-15/h5,8-9,12,14-15,18,21H,2-4,6-7,10-11,13H2,1H3,(H,22,24)(H,23,25). The van der Waals surface area contributed by atoms with E-state index in [0.29, 0.717) is 17.2 Å². The van der Waals surface area contributed by atoms with Crippen molar-refractivity contribution in [1.82, 2.24) is 10.6 Å². The van der Waals surface area contributed by atoms with Gasteiger partial charge in [0.25, 0.3) is 5.91 Å². The first kappa shape index (κ1) is 17.9. The van der Waals surface area contributed by atoms with E-state index in [-0.39, 0.29) is 23.8 Å². The number of carbonyl (C=O) groups is 2. The summed E-state index contributed by atoms with van der Waals surface area (Å²) < 4.78 is 0. The van der Waals surface area contributed by atoms with Gasteiger partial charge in [0.15, 0.2) is 0 Å². The van der Waals surface area contributed by atoms with Gasteiger partial charge in [0.2, 0.25) is 5.91 Å². The third-order valence-electron chi connectivity index (χ3n) is 5.47. The van der Waals surface area contributed by atoms with Crippen LogP contribution >= 0.6 is 0 Å². The van der Waals surface area contributed by atoms with Gasteiger partial charge in [0.1, 0.15) is 0 Å². The van der Waals surface area contributed by atoms with Crippen LogP contribution in [0.3, 0.4) is 0 Å². The van der Waals surface area contributed by atoms with Crippen molar-refractivity contribution in [3.05, 3.63) is 29.8 Å². The van der Waals surface area contributed by atoms with Crippen LogP contribution in [-0.2, 0) is 4.79 Å². The number of benzene rings is 1. The molecule has 3 N–H and O–H groups in total. The summed E-state index contributed by atoms with van der Waals surface area (Å²) in [5, 5.41) is 9.47. The zero-order valence-electron chi connectivity index (χ0n) is 15.0. The lowest BCUT2D eigenvalue weighted by Gasteiger charge is -2.30. The Bertz CT molecular complexity index is 611. The molecule has 1 heterocycles. The van der Waals surface area contributed by atoms with Gasteiger partial charge in [-0.25, -0.2) is 0 Å². The molecule has 1 aliphatic carbocycles. The lowest BCUT2D eigenvalue weighted by atomic mass is 9.88. The summed E-state index contributed by atoms with van der Waals surface area (Å²) in [6.45, 7) is 4.02. The first-order valence-corrected chi connectivity index (χ1v) is 9.56. The Hall–Kier alpha value is -1.88. The number of anilines is 1. The maximum atomic E-state index is 12.6. The van der Waals surface area contributed by atoms with Gasteiger partial charge in [-0.3, -0.25) is 9.59 Å². The Morgan fingerprint density at radius 1 is 1.12 bits per heavy atom. The summed E-state index contributed by atoms with van der Waals surface area (Å²) in [5.41, 5.74) is 1.31. The van der Waals surface area contributed by atoms with Crippen molar-refractivity contribution in [2.24, 2.45) is 11.8 Å². The van der Waals surface area contributed by atoms with Crippen molar-refractivity contribution in [3.63, 3.8) is 0 Å². The van der Waals surface area contributed by atoms with E-state index in [2.05, 4.69) is 22.9 Å². The van der Waals surface area contributed by atoms with Gasteiger partial charge in [-0.1, -0.05) is 32.3 Å². The highest BCUT2D eigenvalue weighted by molar-refractivity contribution is 5.97. The monoisotopic (exact) mass is 343 g/mol. The molecular formula is C20H29N3O2. The van der Waals surface area contributed by atoms with Crippen molar-refractivity contribution in [1.29, 1.82) is 0 Å². The molecule has 1 aliphatic heterocycles. The number of amides is 2. The fourth-order valence-electron chi connectivity index (χ4n) is 3.83. The first-order chi connectivity index (χ1) is 12.1. The van der Waals surface area contributed by atoms with E-state index in [1.54, 1.807) is 12.1 Å². The van der Waals surface area contributed by atoms with Crippen molar-refractivity contribution in [2.75, 3.05) is 18.4 Å². The molecule has 5 heteroatoms. The number of hydrogen-bond donors (Lipinski definition) is 3. The second-order valence-corrected chi connectivity index (χ2v) is 7.46. The lowest BCUT2D eigenvalue weighted by Crippen LogP contribution is -2.48. The summed E-state index contributed by atoms with van der Waals surface area (Å²) in [4.78, 5) is 24.9. The molecule has 2 fully saturated rings. The van der Waals surface area contributed by atoms with Gasteiger partial charge in [-0.2, -0.15) is 0 Å². The van der Waals surface area contributed by atoms with Gasteiger partial charge in [0.05, 0.1) is 0 Å². The number of hydrogen-bond acceptors (Lipinski definition) is 3. The Morgan fingerprint density at radius 2 is 1.92 bits per heavy atom. The summed E-state index contributed by atoms with van der Waals surface area (Å²) in [5.74, 6) is 0.561. The Labute approximate surface area is 150 Å². The molecule has 1 aromatic rings. The van der Waals surface area contributed by atoms with Gasteiger partial charge in [-0.05, 0) is 56.5 Å². The number of rotatable bonds is 4. The Kier molecular flexibility index (Phi) is 6.08. The third kappa shape index (κ3) is 4.82. The normalized spacial score (nSPS) is 24.5. The summed E-state index contributed by atoms with van der Waals surface area (Å²) in [6, 6.07) is 7.47. The largest absolute Gasteiger partial charge is 0.349 e. The van der Waals surface area contributed by atoms with Crippen LogP contribution in [0.5, 0.6) is 0 Å². The smallest absolute Gasteiger partial charge is 0.251 e. The Morgan fingerprint density at radius 3 is 2.68 bits per heavy atom.